The average Bonchev–Trinajstić information content (AvgIpc) is 4.21. The first kappa shape index (κ1) is 98.6. The summed E-state index contributed by atoms with van der Waals surface area (Å²) in [4.78, 5) is 0. The topological polar surface area (TPSA) is 83.1 Å². The molecule has 0 unspecified atom stereocenters. The van der Waals surface area contributed by atoms with Gasteiger partial charge in [-0.1, -0.05) is 60.8 Å². The maximum absolute atomic E-state index is 5.30. The van der Waals surface area contributed by atoms with Gasteiger partial charge in [0.25, 0.3) is 0 Å². The van der Waals surface area contributed by atoms with Crippen LogP contribution >= 0.6 is 0 Å². The van der Waals surface area contributed by atoms with Gasteiger partial charge in [0.05, 0.1) is 0 Å². The Hall–Kier alpha value is 0.406. The van der Waals surface area contributed by atoms with Gasteiger partial charge in [0.2, 0.25) is 0 Å². The molecule has 0 fully saturated rings. The Kier molecular flexibility index (Phi) is 122. The van der Waals surface area contributed by atoms with E-state index in [1.807, 2.05) is 93.6 Å². The van der Waals surface area contributed by atoms with E-state index in [9.17, 15) is 0 Å². The molecule has 0 bridgehead atoms. The van der Waals surface area contributed by atoms with Gasteiger partial charge >= 0.3 is 89.6 Å². The standard InChI is InChI=1S/3C9H15O3Si.3C4H9.3C3H7.3C2H5.3Pt/c3*1-10-13(11-2,12-3)8-9-6-4-5-7-9;3*1-3-4-2;3*1-3-2;3*1-2;;;/h3*4-7H,8H2,1-3H3;3*1,3-4H2,2H3;3*1,3H2,2H3;3*1H2,2H3;;;/q12*-1;3*+4. The molecule has 0 spiro atoms. The van der Waals surface area contributed by atoms with Crippen LogP contribution < -0.4 is 0 Å². The summed E-state index contributed by atoms with van der Waals surface area (Å²) in [5.41, 5.74) is 3.58. The summed E-state index contributed by atoms with van der Waals surface area (Å²) >= 11 is 0. The molecule has 0 aromatic heterocycles. The first-order chi connectivity index (χ1) is 31.8. The smallest absolute Gasteiger partial charge is 0.377 e. The van der Waals surface area contributed by atoms with E-state index in [0.717, 1.165) is 56.7 Å². The molecule has 69 heavy (non-hydrogen) atoms. The van der Waals surface area contributed by atoms with E-state index in [-0.39, 0.29) is 63.2 Å². The van der Waals surface area contributed by atoms with Crippen LogP contribution in [-0.4, -0.2) is 90.4 Å². The Morgan fingerprint density at radius 1 is 0.304 bits per heavy atom. The summed E-state index contributed by atoms with van der Waals surface area (Å²) in [5, 5.41) is 0. The van der Waals surface area contributed by atoms with Crippen LogP contribution in [0.4, 0.5) is 0 Å². The molecule has 0 aliphatic heterocycles. The third kappa shape index (κ3) is 68.4. The van der Waals surface area contributed by atoms with Gasteiger partial charge in [-0.15, -0.1) is 0 Å². The molecule has 0 heterocycles. The fourth-order valence-electron chi connectivity index (χ4n) is 3.74. The number of rotatable bonds is 18. The van der Waals surface area contributed by atoms with Gasteiger partial charge in [-0.2, -0.15) is 112 Å². The van der Waals surface area contributed by atoms with Gasteiger partial charge in [-0.05, 0) is 18.1 Å². The Morgan fingerprint density at radius 2 is 0.406 bits per heavy atom. The van der Waals surface area contributed by atoms with Crippen molar-refractivity contribution in [2.75, 3.05) is 64.0 Å². The number of hydrogen-bond acceptors (Lipinski definition) is 9. The van der Waals surface area contributed by atoms with Crippen LogP contribution in [0.25, 0.3) is 0 Å². The zero-order valence-corrected chi connectivity index (χ0v) is 57.2. The minimum atomic E-state index is -2.42. The third-order valence-corrected chi connectivity index (χ3v) is 15.4. The van der Waals surface area contributed by atoms with Crippen LogP contribution in [0.3, 0.4) is 0 Å². The van der Waals surface area contributed by atoms with E-state index in [0.29, 0.717) is 0 Å². The molecular formula is C54H108O9Pt3Si3. The summed E-state index contributed by atoms with van der Waals surface area (Å²) in [7, 11) is 7.38. The average molecular weight is 1570 g/mol. The fourth-order valence-corrected chi connectivity index (χ4v) is 8.75. The van der Waals surface area contributed by atoms with Crippen molar-refractivity contribution in [3.63, 3.8) is 0 Å². The molecule has 0 N–H and O–H groups in total. The van der Waals surface area contributed by atoms with Crippen molar-refractivity contribution in [2.45, 2.75) is 138 Å². The summed E-state index contributed by atoms with van der Waals surface area (Å²) in [6.07, 6.45) is 9.83. The Bertz CT molecular complexity index is 935. The van der Waals surface area contributed by atoms with Crippen molar-refractivity contribution in [3.8, 4) is 0 Å². The third-order valence-electron chi connectivity index (χ3n) is 7.32. The van der Waals surface area contributed by atoms with Crippen molar-refractivity contribution >= 4 is 26.4 Å². The van der Waals surface area contributed by atoms with Crippen LogP contribution in [-0.2, 0) is 121 Å². The minimum absolute atomic E-state index is 0. The molecule has 0 saturated carbocycles. The summed E-state index contributed by atoms with van der Waals surface area (Å²) in [6, 6.07) is 26.4. The SMILES string of the molecule is CO[Si](C[c-]1cccc1)(OC)OC.CO[Si](C[c-]1cccc1)(OC)OC.CO[Si](C[c-]1cccc1)(OC)OC.[CH2-]C.[CH2-]C.[CH2-]C.[CH2-]CC.[CH2-]CC.[CH2-]CC.[CH2-]CCC.[CH2-]CCC.[CH2-]CCC.[Pt+4].[Pt+4].[Pt+4]. The molecule has 3 aromatic rings. The van der Waals surface area contributed by atoms with E-state index < -0.39 is 26.4 Å². The molecular weight excluding hydrogens is 1460 g/mol. The van der Waals surface area contributed by atoms with Gasteiger partial charge in [0.15, 0.2) is 0 Å². The van der Waals surface area contributed by atoms with E-state index in [1.165, 1.54) is 36.0 Å². The first-order valence-electron chi connectivity index (χ1n) is 23.2. The second kappa shape index (κ2) is 85.2. The van der Waals surface area contributed by atoms with Crippen LogP contribution in [0.1, 0.15) is 137 Å². The molecule has 9 nitrogen and oxygen atoms in total. The zero-order chi connectivity index (χ0) is 53.6. The molecule has 0 atom stereocenters. The molecule has 0 amide bonds. The molecule has 0 saturated heterocycles. The van der Waals surface area contributed by atoms with Crippen molar-refractivity contribution in [1.82, 2.24) is 0 Å². The molecule has 0 aliphatic rings. The summed E-state index contributed by atoms with van der Waals surface area (Å²) in [5.74, 6) is 0. The Morgan fingerprint density at radius 3 is 0.478 bits per heavy atom. The van der Waals surface area contributed by atoms with Crippen molar-refractivity contribution in [2.24, 2.45) is 0 Å². The van der Waals surface area contributed by atoms with Crippen LogP contribution in [0.2, 0.25) is 0 Å². The van der Waals surface area contributed by atoms with E-state index in [2.05, 4.69) is 83.1 Å². The summed E-state index contributed by atoms with van der Waals surface area (Å²) in [6.45, 7) is 48.7. The Balaban J connectivity index is -0.0000000553. The quantitative estimate of drug-likeness (QED) is 0.0913. The van der Waals surface area contributed by atoms with Gasteiger partial charge in [0, 0.05) is 64.0 Å². The molecule has 3 rings (SSSR count). The normalized spacial score (nSPS) is 9.09. The van der Waals surface area contributed by atoms with Crippen LogP contribution in [0, 0.1) is 62.3 Å². The Labute approximate surface area is 479 Å². The van der Waals surface area contributed by atoms with Crippen molar-refractivity contribution in [1.29, 1.82) is 0 Å². The second-order valence-corrected chi connectivity index (χ2v) is 21.2. The summed E-state index contributed by atoms with van der Waals surface area (Å²) < 4.78 is 47.7. The van der Waals surface area contributed by atoms with Crippen molar-refractivity contribution in [3.05, 3.63) is 152 Å². The molecule has 0 radical (unpaired) electrons. The van der Waals surface area contributed by atoms with Gasteiger partial charge in [-0.3, -0.25) is 0 Å². The maximum atomic E-state index is 5.30. The molecule has 0 aliphatic carbocycles. The van der Waals surface area contributed by atoms with Crippen LogP contribution in [0.15, 0.2) is 72.8 Å². The van der Waals surface area contributed by atoms with Crippen molar-refractivity contribution < 1.29 is 103 Å². The predicted molar refractivity (Wildman–Crippen MR) is 298 cm³/mol. The monoisotopic (exact) mass is 1570 g/mol. The zero-order valence-electron chi connectivity index (χ0n) is 47.4. The predicted octanol–water partition coefficient (Wildman–Crippen LogP) is 15.2. The second-order valence-electron chi connectivity index (χ2n) is 12.4. The largest absolute Gasteiger partial charge is 4.00 e. The first-order valence-corrected chi connectivity index (χ1v) is 29.0. The minimum Gasteiger partial charge on any atom is -0.377 e. The van der Waals surface area contributed by atoms with Gasteiger partial charge < -0.3 is 102 Å². The molecule has 15 heteroatoms. The fraction of sp³-hybridized carbons (Fsp3) is 0.556. The molecule has 420 valence electrons. The number of hydrogen-bond donors (Lipinski definition) is 0. The van der Waals surface area contributed by atoms with E-state index in [1.54, 1.807) is 84.8 Å². The van der Waals surface area contributed by atoms with E-state index in [4.69, 9.17) is 39.8 Å². The maximum Gasteiger partial charge on any atom is 4.00 e. The number of unbranched alkanes of at least 4 members (excludes halogenated alkanes) is 3. The van der Waals surface area contributed by atoms with E-state index >= 15 is 0 Å². The van der Waals surface area contributed by atoms with Gasteiger partial charge in [-0.25, -0.2) is 36.4 Å². The van der Waals surface area contributed by atoms with Crippen LogP contribution in [0.5, 0.6) is 0 Å². The van der Waals surface area contributed by atoms with Gasteiger partial charge in [0.1, 0.15) is 0 Å². The molecule has 3 aromatic carbocycles.